The Bertz CT molecular complexity index is 840. The summed E-state index contributed by atoms with van der Waals surface area (Å²) in [4.78, 5) is 14.6. The lowest BCUT2D eigenvalue weighted by Gasteiger charge is -2.00. The number of nitrogens with zero attached hydrogens (tertiary/aromatic N) is 2. The first kappa shape index (κ1) is 18.0. The highest BCUT2D eigenvalue weighted by Gasteiger charge is 2.17. The molecule has 24 heavy (non-hydrogen) atoms. The van der Waals surface area contributed by atoms with Crippen LogP contribution in [0.3, 0.4) is 0 Å². The van der Waals surface area contributed by atoms with Crippen LogP contribution >= 0.6 is 27.3 Å². The third kappa shape index (κ3) is 4.15. The number of phenols is 1. The molecule has 2 heterocycles. The van der Waals surface area contributed by atoms with Crippen LogP contribution in [-0.2, 0) is 5.33 Å². The van der Waals surface area contributed by atoms with E-state index in [0.717, 1.165) is 17.7 Å². The van der Waals surface area contributed by atoms with Crippen molar-refractivity contribution >= 4 is 33.2 Å². The Morgan fingerprint density at radius 2 is 2.12 bits per heavy atom. The lowest BCUT2D eigenvalue weighted by atomic mass is 10.2. The molecule has 3 aromatic rings. The van der Waals surface area contributed by atoms with E-state index < -0.39 is 28.9 Å². The van der Waals surface area contributed by atoms with Gasteiger partial charge < -0.3 is 15.4 Å². The smallest absolute Gasteiger partial charge is 0.258 e. The number of thiophene rings is 1. The maximum absolute atomic E-state index is 12.7. The van der Waals surface area contributed by atoms with Crippen LogP contribution in [0.2, 0.25) is 0 Å². The summed E-state index contributed by atoms with van der Waals surface area (Å²) in [5.74, 6) is -3.20. The van der Waals surface area contributed by atoms with Crippen molar-refractivity contribution < 1.29 is 23.2 Å². The molecular weight excluding hydrogens is 408 g/mol. The molecule has 0 atom stereocenters. The number of amides is 1. The van der Waals surface area contributed by atoms with Crippen molar-refractivity contribution in [3.8, 4) is 17.2 Å². The maximum atomic E-state index is 12.7. The van der Waals surface area contributed by atoms with Gasteiger partial charge in [0.1, 0.15) is 11.4 Å². The van der Waals surface area contributed by atoms with Crippen LogP contribution in [0.5, 0.6) is 5.75 Å². The Kier molecular flexibility index (Phi) is 5.99. The molecule has 126 valence electrons. The minimum Gasteiger partial charge on any atom is -0.505 e. The molecule has 3 rings (SSSR count). The second-order valence-corrected chi connectivity index (χ2v) is 5.62. The minimum atomic E-state index is -1.33. The fourth-order valence-corrected chi connectivity index (χ4v) is 2.44. The van der Waals surface area contributed by atoms with Crippen molar-refractivity contribution in [2.75, 3.05) is 0 Å². The Morgan fingerprint density at radius 1 is 1.38 bits per heavy atom. The first-order valence-electron chi connectivity index (χ1n) is 6.32. The minimum absolute atomic E-state index is 0.589. The topological polar surface area (TPSA) is 102 Å². The Hall–Kier alpha value is -2.33. The van der Waals surface area contributed by atoms with Gasteiger partial charge >= 0.3 is 0 Å². The molecule has 0 unspecified atom stereocenters. The summed E-state index contributed by atoms with van der Waals surface area (Å²) in [6.07, 6.45) is 0. The SMILES string of the molecule is BrCc1noc(-c2ccsc2)n1.NC(=O)c1c(F)ccc(O)c1F. The molecule has 0 aliphatic heterocycles. The Balaban J connectivity index is 0.000000174. The number of phenolic OH excluding ortho intramolecular Hbond substituents is 1. The van der Waals surface area contributed by atoms with Crippen molar-refractivity contribution in [2.45, 2.75) is 5.33 Å². The van der Waals surface area contributed by atoms with Gasteiger partial charge in [-0.25, -0.2) is 8.78 Å². The first-order chi connectivity index (χ1) is 11.4. The van der Waals surface area contributed by atoms with Gasteiger partial charge in [0.15, 0.2) is 17.4 Å². The molecule has 0 aliphatic carbocycles. The number of primary amides is 1. The zero-order valence-electron chi connectivity index (χ0n) is 11.9. The van der Waals surface area contributed by atoms with Crippen LogP contribution in [0.15, 0.2) is 33.5 Å². The highest BCUT2D eigenvalue weighted by atomic mass is 79.9. The number of hydrogen-bond acceptors (Lipinski definition) is 6. The van der Waals surface area contributed by atoms with Gasteiger partial charge in [-0.05, 0) is 23.6 Å². The zero-order chi connectivity index (χ0) is 17.7. The Labute approximate surface area is 147 Å². The van der Waals surface area contributed by atoms with Gasteiger partial charge in [-0.1, -0.05) is 21.1 Å². The molecule has 6 nitrogen and oxygen atoms in total. The van der Waals surface area contributed by atoms with E-state index in [4.69, 9.17) is 9.63 Å². The summed E-state index contributed by atoms with van der Waals surface area (Å²) >= 11 is 4.86. The number of aromatic hydroxyl groups is 1. The van der Waals surface area contributed by atoms with E-state index in [0.29, 0.717) is 17.0 Å². The molecule has 0 bridgehead atoms. The molecule has 10 heteroatoms. The van der Waals surface area contributed by atoms with E-state index >= 15 is 0 Å². The van der Waals surface area contributed by atoms with E-state index in [1.54, 1.807) is 11.3 Å². The monoisotopic (exact) mass is 417 g/mol. The van der Waals surface area contributed by atoms with E-state index in [-0.39, 0.29) is 0 Å². The van der Waals surface area contributed by atoms with Gasteiger partial charge in [-0.2, -0.15) is 16.3 Å². The molecule has 0 saturated carbocycles. The van der Waals surface area contributed by atoms with Gasteiger partial charge in [0.05, 0.1) is 10.9 Å². The second-order valence-electron chi connectivity index (χ2n) is 4.28. The van der Waals surface area contributed by atoms with Crippen LogP contribution in [0, 0.1) is 11.6 Å². The molecule has 0 aliphatic rings. The summed E-state index contributed by atoms with van der Waals surface area (Å²) in [6.45, 7) is 0. The fourth-order valence-electron chi connectivity index (χ4n) is 1.58. The van der Waals surface area contributed by atoms with Crippen molar-refractivity contribution in [1.82, 2.24) is 10.1 Å². The number of nitrogens with two attached hydrogens (primary N) is 1. The molecular formula is C14H10BrF2N3O3S. The van der Waals surface area contributed by atoms with E-state index in [9.17, 15) is 13.6 Å². The average Bonchev–Trinajstić information content (AvgIpc) is 3.22. The molecule has 0 spiro atoms. The highest BCUT2D eigenvalue weighted by Crippen LogP contribution is 2.21. The van der Waals surface area contributed by atoms with Crippen LogP contribution < -0.4 is 5.73 Å². The summed E-state index contributed by atoms with van der Waals surface area (Å²) < 4.78 is 30.4. The van der Waals surface area contributed by atoms with Crippen molar-refractivity contribution in [3.05, 3.63) is 52.0 Å². The molecule has 3 N–H and O–H groups in total. The number of carbonyl (C=O) groups excluding carboxylic acids is 1. The largest absolute Gasteiger partial charge is 0.505 e. The molecule has 0 saturated heterocycles. The zero-order valence-corrected chi connectivity index (χ0v) is 14.3. The van der Waals surface area contributed by atoms with Crippen molar-refractivity contribution in [2.24, 2.45) is 5.73 Å². The van der Waals surface area contributed by atoms with Crippen LogP contribution in [0.1, 0.15) is 16.2 Å². The van der Waals surface area contributed by atoms with Gasteiger partial charge in [0.2, 0.25) is 0 Å². The molecule has 1 amide bonds. The predicted octanol–water partition coefficient (Wildman–Crippen LogP) is 3.46. The number of rotatable bonds is 3. The number of carbonyl (C=O) groups is 1. The summed E-state index contributed by atoms with van der Waals surface area (Å²) in [5, 5.41) is 17.1. The van der Waals surface area contributed by atoms with Crippen molar-refractivity contribution in [1.29, 1.82) is 0 Å². The Morgan fingerprint density at radius 3 is 2.62 bits per heavy atom. The van der Waals surface area contributed by atoms with E-state index in [1.807, 2.05) is 16.8 Å². The van der Waals surface area contributed by atoms with Crippen LogP contribution in [0.4, 0.5) is 8.78 Å². The van der Waals surface area contributed by atoms with Gasteiger partial charge in [-0.3, -0.25) is 4.79 Å². The predicted molar refractivity (Wildman–Crippen MR) is 86.8 cm³/mol. The lowest BCUT2D eigenvalue weighted by molar-refractivity contribution is 0.0991. The quantitative estimate of drug-likeness (QED) is 0.635. The third-order valence-electron chi connectivity index (χ3n) is 2.67. The van der Waals surface area contributed by atoms with Gasteiger partial charge in [-0.15, -0.1) is 0 Å². The lowest BCUT2D eigenvalue weighted by Crippen LogP contribution is -2.15. The molecule has 0 fully saturated rings. The third-order valence-corrected chi connectivity index (χ3v) is 3.86. The number of benzene rings is 1. The van der Waals surface area contributed by atoms with Crippen LogP contribution in [0.25, 0.3) is 11.5 Å². The van der Waals surface area contributed by atoms with E-state index in [2.05, 4.69) is 31.8 Å². The van der Waals surface area contributed by atoms with Crippen molar-refractivity contribution in [3.63, 3.8) is 0 Å². The fraction of sp³-hybridized carbons (Fsp3) is 0.0714. The summed E-state index contributed by atoms with van der Waals surface area (Å²) in [7, 11) is 0. The maximum Gasteiger partial charge on any atom is 0.258 e. The highest BCUT2D eigenvalue weighted by molar-refractivity contribution is 9.08. The van der Waals surface area contributed by atoms with Gasteiger partial charge in [0, 0.05) is 5.38 Å². The summed E-state index contributed by atoms with van der Waals surface area (Å²) in [6, 6.07) is 3.52. The summed E-state index contributed by atoms with van der Waals surface area (Å²) in [5.41, 5.74) is 4.72. The van der Waals surface area contributed by atoms with Gasteiger partial charge in [0.25, 0.3) is 11.8 Å². The molecule has 2 aromatic heterocycles. The average molecular weight is 418 g/mol. The number of halogens is 3. The molecule has 1 aromatic carbocycles. The van der Waals surface area contributed by atoms with E-state index in [1.165, 1.54) is 0 Å². The molecule has 0 radical (unpaired) electrons. The van der Waals surface area contributed by atoms with Crippen LogP contribution in [-0.4, -0.2) is 21.2 Å². The second kappa shape index (κ2) is 7.97. The number of alkyl halides is 1. The standard InChI is InChI=1S/C7H5BrN2OS.C7H5F2NO2/c8-3-6-9-7(11-10-6)5-1-2-12-4-5;8-3-1-2-4(11)6(9)5(3)7(10)12/h1-2,4H,3H2;1-2,11H,(H2,10,12). The first-order valence-corrected chi connectivity index (χ1v) is 8.38. The normalized spacial score (nSPS) is 10.1. The number of aromatic nitrogens is 2. The number of hydrogen-bond donors (Lipinski definition) is 2.